The van der Waals surface area contributed by atoms with Crippen molar-refractivity contribution in [2.45, 2.75) is 31.2 Å². The number of aromatic nitrogens is 2. The number of benzene rings is 2. The van der Waals surface area contributed by atoms with Gasteiger partial charge in [-0.15, -0.1) is 0 Å². The zero-order valence-corrected chi connectivity index (χ0v) is 17.4. The third kappa shape index (κ3) is 3.91. The maximum absolute atomic E-state index is 12.0. The number of fused-ring (bicyclic) bond motifs is 1. The molecule has 1 unspecified atom stereocenters. The average Bonchev–Trinajstić information content (AvgIpc) is 3.06. The van der Waals surface area contributed by atoms with Crippen LogP contribution in [-0.4, -0.2) is 36.5 Å². The summed E-state index contributed by atoms with van der Waals surface area (Å²) in [6, 6.07) is 14.7. The maximum atomic E-state index is 12.0. The van der Waals surface area contributed by atoms with Gasteiger partial charge in [-0.25, -0.2) is 18.4 Å². The van der Waals surface area contributed by atoms with Crippen molar-refractivity contribution in [2.24, 2.45) is 4.99 Å². The van der Waals surface area contributed by atoms with Crippen LogP contribution in [0, 0.1) is 0 Å². The Kier molecular flexibility index (Phi) is 4.92. The zero-order valence-electron chi connectivity index (χ0n) is 16.5. The largest absolute Gasteiger partial charge is 0.325 e. The van der Waals surface area contributed by atoms with E-state index >= 15 is 0 Å². The highest BCUT2D eigenvalue weighted by molar-refractivity contribution is 7.90. The monoisotopic (exact) mass is 406 g/mol. The Labute approximate surface area is 170 Å². The maximum Gasteiger partial charge on any atom is 0.175 e. The fraction of sp³-hybridized carbons (Fsp3) is 0.227. The van der Waals surface area contributed by atoms with Crippen molar-refractivity contribution < 1.29 is 8.42 Å². The molecule has 1 aliphatic heterocycles. The molecule has 0 amide bonds. The molecule has 0 saturated carbocycles. The minimum atomic E-state index is -3.34. The predicted molar refractivity (Wildman–Crippen MR) is 117 cm³/mol. The van der Waals surface area contributed by atoms with Gasteiger partial charge < -0.3 is 5.32 Å². The van der Waals surface area contributed by atoms with Crippen LogP contribution in [0.2, 0.25) is 0 Å². The van der Waals surface area contributed by atoms with E-state index in [1.54, 1.807) is 18.2 Å². The molecule has 0 spiro atoms. The second kappa shape index (κ2) is 7.40. The molecule has 0 bridgehead atoms. The summed E-state index contributed by atoms with van der Waals surface area (Å²) in [6.45, 7) is 4.17. The molecule has 4 rings (SSSR count). The molecule has 148 valence electrons. The predicted octanol–water partition coefficient (Wildman–Crippen LogP) is 4.25. The SMILES string of the molecule is CCC1N=C(Nc2nc(-c3ccccc3)nc3cc(S(C)(=O)=O)ccc23)C=C1C. The van der Waals surface area contributed by atoms with Crippen LogP contribution in [0.1, 0.15) is 20.3 Å². The molecule has 1 aliphatic rings. The molecule has 1 atom stereocenters. The Bertz CT molecular complexity index is 1250. The van der Waals surface area contributed by atoms with Gasteiger partial charge >= 0.3 is 0 Å². The zero-order chi connectivity index (χ0) is 20.6. The Morgan fingerprint density at radius 3 is 2.48 bits per heavy atom. The first-order valence-corrected chi connectivity index (χ1v) is 11.3. The highest BCUT2D eigenvalue weighted by Crippen LogP contribution is 2.28. The summed E-state index contributed by atoms with van der Waals surface area (Å²) in [5.74, 6) is 1.88. The number of anilines is 1. The minimum absolute atomic E-state index is 0.177. The van der Waals surface area contributed by atoms with Crippen molar-refractivity contribution in [3.05, 3.63) is 60.2 Å². The van der Waals surface area contributed by atoms with E-state index in [2.05, 4.69) is 24.1 Å². The van der Waals surface area contributed by atoms with Crippen molar-refractivity contribution in [3.8, 4) is 11.4 Å². The Morgan fingerprint density at radius 1 is 1.07 bits per heavy atom. The van der Waals surface area contributed by atoms with Crippen LogP contribution in [0.4, 0.5) is 5.82 Å². The minimum Gasteiger partial charge on any atom is -0.325 e. The highest BCUT2D eigenvalue weighted by Gasteiger charge is 2.18. The molecular weight excluding hydrogens is 384 g/mol. The lowest BCUT2D eigenvalue weighted by Crippen LogP contribution is -2.11. The number of hydrogen-bond donors (Lipinski definition) is 1. The van der Waals surface area contributed by atoms with Crippen LogP contribution >= 0.6 is 0 Å². The van der Waals surface area contributed by atoms with Crippen LogP contribution in [0.15, 0.2) is 70.1 Å². The molecule has 0 saturated heterocycles. The van der Waals surface area contributed by atoms with Gasteiger partial charge in [0.25, 0.3) is 0 Å². The molecule has 0 radical (unpaired) electrons. The van der Waals surface area contributed by atoms with Crippen molar-refractivity contribution in [1.29, 1.82) is 0 Å². The lowest BCUT2D eigenvalue weighted by molar-refractivity contribution is 0.602. The van der Waals surface area contributed by atoms with Gasteiger partial charge in [0.1, 0.15) is 11.7 Å². The van der Waals surface area contributed by atoms with Crippen molar-refractivity contribution in [3.63, 3.8) is 0 Å². The Balaban J connectivity index is 1.88. The fourth-order valence-corrected chi connectivity index (χ4v) is 4.01. The van der Waals surface area contributed by atoms with Gasteiger partial charge in [0.15, 0.2) is 15.7 Å². The van der Waals surface area contributed by atoms with Gasteiger partial charge in [-0.3, -0.25) is 4.99 Å². The van der Waals surface area contributed by atoms with E-state index in [1.165, 1.54) is 11.8 Å². The second-order valence-electron chi connectivity index (χ2n) is 7.16. The van der Waals surface area contributed by atoms with Crippen LogP contribution in [0.5, 0.6) is 0 Å². The van der Waals surface area contributed by atoms with E-state index < -0.39 is 9.84 Å². The summed E-state index contributed by atoms with van der Waals surface area (Å²) in [7, 11) is -3.34. The molecule has 2 heterocycles. The van der Waals surface area contributed by atoms with Gasteiger partial charge in [0, 0.05) is 17.2 Å². The number of sulfone groups is 1. The third-order valence-corrected chi connectivity index (χ3v) is 6.06. The quantitative estimate of drug-likeness (QED) is 0.700. The smallest absolute Gasteiger partial charge is 0.175 e. The summed E-state index contributed by atoms with van der Waals surface area (Å²) in [6.07, 6.45) is 4.15. The van der Waals surface area contributed by atoms with Crippen molar-refractivity contribution >= 4 is 32.4 Å². The summed E-state index contributed by atoms with van der Waals surface area (Å²) in [4.78, 5) is 14.3. The number of nitrogens with one attached hydrogen (secondary N) is 1. The van der Waals surface area contributed by atoms with Crippen LogP contribution < -0.4 is 5.32 Å². The standard InChI is InChI=1S/C22H22N4O2S/c1-4-18-14(2)12-20(23-18)25-22-17-11-10-16(29(3,27)28)13-19(17)24-21(26-22)15-8-6-5-7-9-15/h5-13,18H,4H2,1-3H3,(H,23,24,25,26). The van der Waals surface area contributed by atoms with E-state index in [1.807, 2.05) is 36.4 Å². The van der Waals surface area contributed by atoms with Gasteiger partial charge in [0.05, 0.1) is 16.5 Å². The average molecular weight is 407 g/mol. The van der Waals surface area contributed by atoms with E-state index in [-0.39, 0.29) is 10.9 Å². The van der Waals surface area contributed by atoms with E-state index in [4.69, 9.17) is 9.98 Å². The van der Waals surface area contributed by atoms with E-state index in [0.717, 1.165) is 23.2 Å². The topological polar surface area (TPSA) is 84.3 Å². The third-order valence-electron chi connectivity index (χ3n) is 4.95. The number of aliphatic imine (C=N–C) groups is 1. The summed E-state index contributed by atoms with van der Waals surface area (Å²) in [5, 5.41) is 4.06. The molecule has 6 nitrogen and oxygen atoms in total. The van der Waals surface area contributed by atoms with E-state index in [0.29, 0.717) is 17.2 Å². The number of amidine groups is 1. The fourth-order valence-electron chi connectivity index (χ4n) is 3.37. The number of nitrogens with zero attached hydrogens (tertiary/aromatic N) is 3. The molecular formula is C22H22N4O2S. The van der Waals surface area contributed by atoms with Gasteiger partial charge in [0.2, 0.25) is 0 Å². The first-order chi connectivity index (χ1) is 13.8. The molecule has 7 heteroatoms. The van der Waals surface area contributed by atoms with Crippen molar-refractivity contribution in [1.82, 2.24) is 9.97 Å². The summed E-state index contributed by atoms with van der Waals surface area (Å²) < 4.78 is 24.0. The molecule has 29 heavy (non-hydrogen) atoms. The van der Waals surface area contributed by atoms with Crippen LogP contribution in [0.3, 0.4) is 0 Å². The number of rotatable bonds is 4. The Hall–Kier alpha value is -3.06. The lowest BCUT2D eigenvalue weighted by Gasteiger charge is -2.11. The van der Waals surface area contributed by atoms with Gasteiger partial charge in [-0.05, 0) is 43.2 Å². The van der Waals surface area contributed by atoms with Gasteiger partial charge in [-0.2, -0.15) is 0 Å². The molecule has 1 N–H and O–H groups in total. The molecule has 1 aromatic heterocycles. The molecule has 3 aromatic rings. The summed E-state index contributed by atoms with van der Waals surface area (Å²) >= 11 is 0. The first-order valence-electron chi connectivity index (χ1n) is 9.45. The van der Waals surface area contributed by atoms with Crippen molar-refractivity contribution in [2.75, 3.05) is 11.6 Å². The highest BCUT2D eigenvalue weighted by atomic mass is 32.2. The normalized spacial score (nSPS) is 16.6. The molecule has 0 aliphatic carbocycles. The van der Waals surface area contributed by atoms with Crippen LogP contribution in [-0.2, 0) is 9.84 Å². The lowest BCUT2D eigenvalue weighted by atomic mass is 10.1. The molecule has 0 fully saturated rings. The number of hydrogen-bond acceptors (Lipinski definition) is 6. The Morgan fingerprint density at radius 2 is 1.83 bits per heavy atom. The first kappa shape index (κ1) is 19.3. The van der Waals surface area contributed by atoms with Crippen LogP contribution in [0.25, 0.3) is 22.3 Å². The second-order valence-corrected chi connectivity index (χ2v) is 9.18. The summed E-state index contributed by atoms with van der Waals surface area (Å²) in [5.41, 5.74) is 2.63. The van der Waals surface area contributed by atoms with E-state index in [9.17, 15) is 8.42 Å². The van der Waals surface area contributed by atoms with Gasteiger partial charge in [-0.1, -0.05) is 37.3 Å². The molecule has 2 aromatic carbocycles.